The molecule has 2 unspecified atom stereocenters. The van der Waals surface area contributed by atoms with Crippen LogP contribution in [0.25, 0.3) is 11.0 Å². The minimum Gasteiger partial charge on any atom is -0.493 e. The van der Waals surface area contributed by atoms with Gasteiger partial charge in [0.2, 0.25) is 11.7 Å². The minimum absolute atomic E-state index is 0.115. The maximum absolute atomic E-state index is 14.4. The molecule has 2 saturated heterocycles. The number of carboxylic acids is 1. The van der Waals surface area contributed by atoms with Crippen LogP contribution in [0.4, 0.5) is 5.95 Å². The van der Waals surface area contributed by atoms with Crippen molar-refractivity contribution in [3.05, 3.63) is 113 Å². The van der Waals surface area contributed by atoms with Crippen molar-refractivity contribution in [3.63, 3.8) is 0 Å². The minimum atomic E-state index is -4.01. The first-order valence-corrected chi connectivity index (χ1v) is 21.1. The predicted octanol–water partition coefficient (Wildman–Crippen LogP) is 5.86. The lowest BCUT2D eigenvalue weighted by Gasteiger charge is -2.40. The number of aromatic carboxylic acids is 1. The largest absolute Gasteiger partial charge is 0.493 e. The number of ether oxygens (including phenoxy) is 3. The number of imidazole rings is 1. The van der Waals surface area contributed by atoms with Crippen LogP contribution in [0.1, 0.15) is 57.5 Å². The molecule has 7 rings (SSSR count). The topological polar surface area (TPSA) is 162 Å². The van der Waals surface area contributed by atoms with Gasteiger partial charge in [-0.15, -0.1) is 0 Å². The second-order valence-corrected chi connectivity index (χ2v) is 16.4. The quantitative estimate of drug-likeness (QED) is 0.121. The van der Waals surface area contributed by atoms with E-state index in [1.54, 1.807) is 24.3 Å². The molecule has 0 aliphatic carbocycles. The van der Waals surface area contributed by atoms with Gasteiger partial charge in [-0.05, 0) is 73.7 Å². The summed E-state index contributed by atoms with van der Waals surface area (Å²) in [4.78, 5) is 35.2. The lowest BCUT2D eigenvalue weighted by Crippen LogP contribution is -2.50. The molecule has 0 radical (unpaired) electrons. The number of nitrogens with zero attached hydrogens (tertiary/aromatic N) is 4. The Morgan fingerprint density at radius 2 is 1.53 bits per heavy atom. The lowest BCUT2D eigenvalue weighted by atomic mass is 9.75. The molecule has 58 heavy (non-hydrogen) atoms. The number of rotatable bonds is 15. The van der Waals surface area contributed by atoms with Gasteiger partial charge in [-0.25, -0.2) is 14.0 Å². The molecule has 1 amide bonds. The zero-order valence-electron chi connectivity index (χ0n) is 33.1. The fourth-order valence-corrected chi connectivity index (χ4v) is 9.04. The highest BCUT2D eigenvalue weighted by Gasteiger charge is 2.53. The molecule has 2 atom stereocenters. The molecule has 2 N–H and O–H groups in total. The summed E-state index contributed by atoms with van der Waals surface area (Å²) in [5.74, 6) is 0.239. The first-order chi connectivity index (χ1) is 27.9. The first kappa shape index (κ1) is 40.6. The van der Waals surface area contributed by atoms with E-state index in [0.717, 1.165) is 48.8 Å². The third-order valence-electron chi connectivity index (χ3n) is 11.4. The van der Waals surface area contributed by atoms with Gasteiger partial charge in [-0.2, -0.15) is 8.42 Å². The summed E-state index contributed by atoms with van der Waals surface area (Å²) in [5.41, 5.74) is 2.98. The number of piperidine rings is 1. The number of carbonyl (C=O) groups is 2. The number of para-hydroxylation sites is 2. The number of carbonyl (C=O) groups excluding carboxylic acids is 1. The summed E-state index contributed by atoms with van der Waals surface area (Å²) in [6.45, 7) is 2.80. The zero-order chi connectivity index (χ0) is 41.0. The number of nitrogens with one attached hydrogen (secondary N) is 1. The van der Waals surface area contributed by atoms with Gasteiger partial charge in [0.15, 0.2) is 17.7 Å². The number of hydrogen-bond donors (Lipinski definition) is 2. The van der Waals surface area contributed by atoms with E-state index < -0.39 is 33.6 Å². The Balaban J connectivity index is 1.10. The number of amides is 1. The molecule has 1 aromatic heterocycles. The van der Waals surface area contributed by atoms with Crippen molar-refractivity contribution in [2.75, 3.05) is 59.1 Å². The molecule has 2 aliphatic heterocycles. The van der Waals surface area contributed by atoms with Crippen LogP contribution in [-0.2, 0) is 26.3 Å². The summed E-state index contributed by atoms with van der Waals surface area (Å²) in [7, 11) is 0.406. The van der Waals surface area contributed by atoms with Crippen LogP contribution in [-0.4, -0.2) is 111 Å². The van der Waals surface area contributed by atoms with Gasteiger partial charge in [0.1, 0.15) is 0 Å². The van der Waals surface area contributed by atoms with Gasteiger partial charge < -0.3 is 39.0 Å². The van der Waals surface area contributed by atoms with Crippen molar-refractivity contribution in [2.45, 2.75) is 49.9 Å². The molecular formula is C43H49N5O9S. The molecule has 5 aromatic rings. The molecule has 2 fully saturated rings. The Morgan fingerprint density at radius 3 is 2.19 bits per heavy atom. The van der Waals surface area contributed by atoms with Gasteiger partial charge in [-0.1, -0.05) is 60.7 Å². The van der Waals surface area contributed by atoms with Crippen LogP contribution >= 0.6 is 0 Å². The van der Waals surface area contributed by atoms with E-state index in [9.17, 15) is 23.1 Å². The van der Waals surface area contributed by atoms with Gasteiger partial charge in [0.25, 0.3) is 16.0 Å². The SMILES string of the molecule is COc1cc(C(=O)N2CCC(CCN3CCC(Nc4nc5ccccc5n4Cc4ccccc4C(=O)O)CC3)(c3ccccc3)C2OS(C)(=O)=O)cc(OC)c1OC. The van der Waals surface area contributed by atoms with Crippen molar-refractivity contribution >= 4 is 39.0 Å². The van der Waals surface area contributed by atoms with E-state index in [4.69, 9.17) is 23.4 Å². The van der Waals surface area contributed by atoms with E-state index in [-0.39, 0.29) is 23.7 Å². The van der Waals surface area contributed by atoms with E-state index in [2.05, 4.69) is 10.2 Å². The number of anilines is 1. The van der Waals surface area contributed by atoms with Crippen LogP contribution < -0.4 is 19.5 Å². The van der Waals surface area contributed by atoms with Crippen LogP contribution in [0.2, 0.25) is 0 Å². The Kier molecular flexibility index (Phi) is 11.9. The monoisotopic (exact) mass is 811 g/mol. The van der Waals surface area contributed by atoms with Crippen molar-refractivity contribution in [3.8, 4) is 17.2 Å². The fraction of sp³-hybridized carbons (Fsp3) is 0.372. The Morgan fingerprint density at radius 1 is 0.879 bits per heavy atom. The third-order valence-corrected chi connectivity index (χ3v) is 11.9. The molecule has 15 heteroatoms. The lowest BCUT2D eigenvalue weighted by molar-refractivity contribution is 0.0138. The highest BCUT2D eigenvalue weighted by Crippen LogP contribution is 2.46. The zero-order valence-corrected chi connectivity index (χ0v) is 33.9. The molecule has 0 spiro atoms. The number of carboxylic acid groups (broad SMARTS) is 1. The Bertz CT molecular complexity index is 2360. The molecule has 2 aliphatic rings. The number of methoxy groups -OCH3 is 3. The van der Waals surface area contributed by atoms with Crippen molar-refractivity contribution in [1.29, 1.82) is 0 Å². The smallest absolute Gasteiger partial charge is 0.336 e. The molecule has 306 valence electrons. The molecule has 0 saturated carbocycles. The normalized spacial score (nSPS) is 19.0. The number of aromatic nitrogens is 2. The summed E-state index contributed by atoms with van der Waals surface area (Å²) >= 11 is 0. The molecule has 14 nitrogen and oxygen atoms in total. The van der Waals surface area contributed by atoms with E-state index >= 15 is 0 Å². The number of likely N-dealkylation sites (tertiary alicyclic amines) is 2. The highest BCUT2D eigenvalue weighted by molar-refractivity contribution is 7.86. The van der Waals surface area contributed by atoms with Crippen molar-refractivity contribution in [2.24, 2.45) is 0 Å². The summed E-state index contributed by atoms with van der Waals surface area (Å²) in [5, 5.41) is 13.5. The molecule has 4 aromatic carbocycles. The van der Waals surface area contributed by atoms with Crippen LogP contribution in [0, 0.1) is 0 Å². The van der Waals surface area contributed by atoms with Crippen LogP contribution in [0.3, 0.4) is 0 Å². The maximum atomic E-state index is 14.4. The fourth-order valence-electron chi connectivity index (χ4n) is 8.42. The van der Waals surface area contributed by atoms with Crippen LogP contribution in [0.5, 0.6) is 17.2 Å². The van der Waals surface area contributed by atoms with Crippen molar-refractivity contribution < 1.29 is 41.5 Å². The number of benzene rings is 4. The summed E-state index contributed by atoms with van der Waals surface area (Å²) < 4.78 is 50.4. The second kappa shape index (κ2) is 17.1. The van der Waals surface area contributed by atoms with E-state index in [1.165, 1.54) is 26.2 Å². The average Bonchev–Trinajstić information content (AvgIpc) is 3.76. The Hall–Kier alpha value is -5.64. The summed E-state index contributed by atoms with van der Waals surface area (Å²) in [6.07, 6.45) is 2.56. The Labute approximate surface area is 338 Å². The van der Waals surface area contributed by atoms with Gasteiger partial charge >= 0.3 is 5.97 Å². The van der Waals surface area contributed by atoms with Crippen LogP contribution in [0.15, 0.2) is 91.0 Å². The average molecular weight is 812 g/mol. The standard InChI is InChI=1S/C43H49N5O9S/c1-54-36-26-30(27-37(55-2)38(36)56-3)39(49)47-25-21-43(31-13-6-5-7-14-31,41(47)57-58(4,52)53)20-24-46-22-18-32(19-23-46)44-42-45-34-16-10-11-17-35(34)48(42)28-29-12-8-9-15-33(29)40(50)51/h5-17,26-27,32,41H,18-25,28H2,1-4H3,(H,44,45)(H,50,51). The highest BCUT2D eigenvalue weighted by atomic mass is 32.2. The van der Waals surface area contributed by atoms with E-state index in [1.807, 2.05) is 71.3 Å². The maximum Gasteiger partial charge on any atom is 0.336 e. The van der Waals surface area contributed by atoms with Gasteiger partial charge in [0, 0.05) is 36.7 Å². The predicted molar refractivity (Wildman–Crippen MR) is 220 cm³/mol. The van der Waals surface area contributed by atoms with Gasteiger partial charge in [0.05, 0.1) is 50.7 Å². The molecule has 3 heterocycles. The summed E-state index contributed by atoms with van der Waals surface area (Å²) in [6, 6.07) is 27.8. The first-order valence-electron chi connectivity index (χ1n) is 19.2. The molecule has 0 bridgehead atoms. The van der Waals surface area contributed by atoms with E-state index in [0.29, 0.717) is 54.7 Å². The third kappa shape index (κ3) is 8.33. The number of fused-ring (bicyclic) bond motifs is 1. The van der Waals surface area contributed by atoms with Crippen molar-refractivity contribution in [1.82, 2.24) is 19.4 Å². The number of hydrogen-bond acceptors (Lipinski definition) is 11. The molecular weight excluding hydrogens is 763 g/mol. The second-order valence-electron chi connectivity index (χ2n) is 14.8. The van der Waals surface area contributed by atoms with Gasteiger partial charge in [-0.3, -0.25) is 4.79 Å².